The van der Waals surface area contributed by atoms with E-state index >= 15 is 0 Å². The van der Waals surface area contributed by atoms with E-state index in [0.717, 1.165) is 12.2 Å². The van der Waals surface area contributed by atoms with Gasteiger partial charge in [0.25, 0.3) is 5.91 Å². The van der Waals surface area contributed by atoms with E-state index < -0.39 is 0 Å². The van der Waals surface area contributed by atoms with Crippen molar-refractivity contribution in [1.29, 1.82) is 0 Å². The van der Waals surface area contributed by atoms with Gasteiger partial charge in [0.15, 0.2) is 23.2 Å². The number of benzene rings is 1. The van der Waals surface area contributed by atoms with E-state index in [9.17, 15) is 4.79 Å². The number of ether oxygens (including phenoxy) is 2. The van der Waals surface area contributed by atoms with E-state index in [0.29, 0.717) is 23.2 Å². The molecule has 0 aliphatic carbocycles. The van der Waals surface area contributed by atoms with Crippen molar-refractivity contribution in [1.82, 2.24) is 9.88 Å². The van der Waals surface area contributed by atoms with E-state index in [-0.39, 0.29) is 12.5 Å². The van der Waals surface area contributed by atoms with Crippen LogP contribution in [0.15, 0.2) is 29.6 Å². The zero-order valence-corrected chi connectivity index (χ0v) is 14.4. The number of hydrogen-bond acceptors (Lipinski definition) is 6. The average molecular weight is 335 g/mol. The quantitative estimate of drug-likeness (QED) is 0.803. The minimum absolute atomic E-state index is 0.0906. The first-order valence-corrected chi connectivity index (χ1v) is 8.20. The molecule has 0 unspecified atom stereocenters. The third-order valence-electron chi connectivity index (χ3n) is 2.78. The highest BCUT2D eigenvalue weighted by molar-refractivity contribution is 7.13. The molecule has 23 heavy (non-hydrogen) atoms. The van der Waals surface area contributed by atoms with Crippen LogP contribution in [-0.4, -0.2) is 43.1 Å². The molecule has 0 saturated carbocycles. The van der Waals surface area contributed by atoms with E-state index in [1.165, 1.54) is 11.3 Å². The van der Waals surface area contributed by atoms with Gasteiger partial charge in [0.05, 0.1) is 12.3 Å². The zero-order valence-electron chi connectivity index (χ0n) is 13.5. The Balaban J connectivity index is 1.87. The van der Waals surface area contributed by atoms with Crippen LogP contribution in [-0.2, 0) is 11.3 Å². The standard InChI is InChI=1S/C16H21N3O3S/c1-4-21-13-7-5-6-8-14(13)22-10-15(20)18-16-17-12(11-23-16)9-19(2)3/h5-8,11H,4,9-10H2,1-3H3,(H,17,18,20). The number of nitrogens with one attached hydrogen (secondary N) is 1. The average Bonchev–Trinajstić information content (AvgIpc) is 2.93. The van der Waals surface area contributed by atoms with Gasteiger partial charge in [-0.15, -0.1) is 11.3 Å². The topological polar surface area (TPSA) is 63.7 Å². The number of rotatable bonds is 8. The number of amides is 1. The molecule has 0 saturated heterocycles. The molecule has 1 amide bonds. The SMILES string of the molecule is CCOc1ccccc1OCC(=O)Nc1nc(CN(C)C)cs1. The lowest BCUT2D eigenvalue weighted by molar-refractivity contribution is -0.118. The van der Waals surface area contributed by atoms with Crippen LogP contribution in [0.1, 0.15) is 12.6 Å². The first kappa shape index (κ1) is 17.2. The van der Waals surface area contributed by atoms with Gasteiger partial charge in [-0.1, -0.05) is 12.1 Å². The summed E-state index contributed by atoms with van der Waals surface area (Å²) < 4.78 is 11.0. The van der Waals surface area contributed by atoms with Crippen molar-refractivity contribution in [3.8, 4) is 11.5 Å². The predicted molar refractivity (Wildman–Crippen MR) is 91.2 cm³/mol. The van der Waals surface area contributed by atoms with Crippen LogP contribution < -0.4 is 14.8 Å². The Morgan fingerprint density at radius 1 is 1.26 bits per heavy atom. The van der Waals surface area contributed by atoms with Crippen molar-refractivity contribution < 1.29 is 14.3 Å². The number of hydrogen-bond donors (Lipinski definition) is 1. The van der Waals surface area contributed by atoms with Crippen LogP contribution in [0.3, 0.4) is 0 Å². The normalized spacial score (nSPS) is 10.6. The van der Waals surface area contributed by atoms with Crippen LogP contribution in [0.25, 0.3) is 0 Å². The molecule has 1 heterocycles. The summed E-state index contributed by atoms with van der Waals surface area (Å²) in [5.74, 6) is 0.935. The Hall–Kier alpha value is -2.12. The third-order valence-corrected chi connectivity index (χ3v) is 3.59. The molecule has 7 heteroatoms. The largest absolute Gasteiger partial charge is 0.490 e. The van der Waals surface area contributed by atoms with Crippen LogP contribution in [0.2, 0.25) is 0 Å². The minimum atomic E-state index is -0.248. The molecule has 124 valence electrons. The van der Waals surface area contributed by atoms with Gasteiger partial charge in [-0.2, -0.15) is 0 Å². The van der Waals surface area contributed by atoms with Gasteiger partial charge in [0.1, 0.15) is 0 Å². The molecule has 1 aromatic heterocycles. The lowest BCUT2D eigenvalue weighted by Crippen LogP contribution is -2.20. The molecule has 6 nitrogen and oxygen atoms in total. The Morgan fingerprint density at radius 2 is 1.96 bits per heavy atom. The van der Waals surface area contributed by atoms with Crippen molar-refractivity contribution >= 4 is 22.4 Å². The predicted octanol–water partition coefficient (Wildman–Crippen LogP) is 2.62. The Kier molecular flexibility index (Phi) is 6.37. The summed E-state index contributed by atoms with van der Waals surface area (Å²) >= 11 is 1.40. The van der Waals surface area contributed by atoms with Crippen molar-refractivity contribution in [2.75, 3.05) is 32.6 Å². The molecule has 0 aliphatic rings. The maximum absolute atomic E-state index is 12.0. The van der Waals surface area contributed by atoms with Crippen LogP contribution >= 0.6 is 11.3 Å². The molecule has 2 rings (SSSR count). The Morgan fingerprint density at radius 3 is 2.61 bits per heavy atom. The molecule has 2 aromatic rings. The molecule has 0 bridgehead atoms. The first-order valence-electron chi connectivity index (χ1n) is 7.32. The smallest absolute Gasteiger partial charge is 0.264 e. The summed E-state index contributed by atoms with van der Waals surface area (Å²) in [5, 5.41) is 5.25. The minimum Gasteiger partial charge on any atom is -0.490 e. The summed E-state index contributed by atoms with van der Waals surface area (Å²) in [5.41, 5.74) is 0.929. The first-order chi connectivity index (χ1) is 11.1. The monoisotopic (exact) mass is 335 g/mol. The number of carbonyl (C=O) groups is 1. The summed E-state index contributed by atoms with van der Waals surface area (Å²) in [6.07, 6.45) is 0. The fraction of sp³-hybridized carbons (Fsp3) is 0.375. The molecular formula is C16H21N3O3S. The van der Waals surface area contributed by atoms with Crippen LogP contribution in [0.4, 0.5) is 5.13 Å². The summed E-state index contributed by atoms with van der Waals surface area (Å²) in [7, 11) is 3.95. The second-order valence-electron chi connectivity index (χ2n) is 5.10. The Labute approximate surface area is 140 Å². The summed E-state index contributed by atoms with van der Waals surface area (Å²) in [6, 6.07) is 7.28. The van der Waals surface area contributed by atoms with Gasteiger partial charge < -0.3 is 14.4 Å². The molecule has 0 fully saturated rings. The maximum atomic E-state index is 12.0. The number of aromatic nitrogens is 1. The zero-order chi connectivity index (χ0) is 16.7. The number of anilines is 1. The lowest BCUT2D eigenvalue weighted by atomic mass is 10.3. The number of para-hydroxylation sites is 2. The van der Waals surface area contributed by atoms with Gasteiger partial charge in [0, 0.05) is 11.9 Å². The highest BCUT2D eigenvalue weighted by atomic mass is 32.1. The second-order valence-corrected chi connectivity index (χ2v) is 5.96. The number of nitrogens with zero attached hydrogens (tertiary/aromatic N) is 2. The summed E-state index contributed by atoms with van der Waals surface area (Å²) in [6.45, 7) is 3.09. The van der Waals surface area contributed by atoms with Gasteiger partial charge in [-0.3, -0.25) is 10.1 Å². The Bertz CT molecular complexity index is 643. The fourth-order valence-corrected chi connectivity index (χ4v) is 2.62. The molecule has 1 N–H and O–H groups in total. The van der Waals surface area contributed by atoms with Crippen molar-refractivity contribution in [2.45, 2.75) is 13.5 Å². The van der Waals surface area contributed by atoms with E-state index in [1.54, 1.807) is 6.07 Å². The van der Waals surface area contributed by atoms with Crippen molar-refractivity contribution in [2.24, 2.45) is 0 Å². The van der Waals surface area contributed by atoms with Gasteiger partial charge in [-0.05, 0) is 33.2 Å². The van der Waals surface area contributed by atoms with Crippen LogP contribution in [0, 0.1) is 0 Å². The summed E-state index contributed by atoms with van der Waals surface area (Å²) in [4.78, 5) is 18.3. The molecule has 0 atom stereocenters. The molecule has 1 aromatic carbocycles. The van der Waals surface area contributed by atoms with Crippen molar-refractivity contribution in [3.05, 3.63) is 35.3 Å². The number of thiazole rings is 1. The number of carbonyl (C=O) groups excluding carboxylic acids is 1. The van der Waals surface area contributed by atoms with Gasteiger partial charge in [0.2, 0.25) is 0 Å². The van der Waals surface area contributed by atoms with Crippen LogP contribution in [0.5, 0.6) is 11.5 Å². The van der Waals surface area contributed by atoms with Gasteiger partial charge >= 0.3 is 0 Å². The van der Waals surface area contributed by atoms with E-state index in [1.807, 2.05) is 49.5 Å². The third kappa shape index (κ3) is 5.54. The van der Waals surface area contributed by atoms with Crippen molar-refractivity contribution in [3.63, 3.8) is 0 Å². The van der Waals surface area contributed by atoms with E-state index in [4.69, 9.17) is 9.47 Å². The maximum Gasteiger partial charge on any atom is 0.264 e. The lowest BCUT2D eigenvalue weighted by Gasteiger charge is -2.11. The fourth-order valence-electron chi connectivity index (χ4n) is 1.90. The molecule has 0 spiro atoms. The van der Waals surface area contributed by atoms with E-state index in [2.05, 4.69) is 10.3 Å². The second kappa shape index (κ2) is 8.50. The van der Waals surface area contributed by atoms with Gasteiger partial charge in [-0.25, -0.2) is 4.98 Å². The highest BCUT2D eigenvalue weighted by Gasteiger charge is 2.10. The molecule has 0 aliphatic heterocycles. The molecule has 0 radical (unpaired) electrons. The highest BCUT2D eigenvalue weighted by Crippen LogP contribution is 2.26. The molecular weight excluding hydrogens is 314 g/mol.